The van der Waals surface area contributed by atoms with E-state index in [1.54, 1.807) is 0 Å². The number of ether oxygens (including phenoxy) is 1. The number of carbonyl (C=O) groups excluding carboxylic acids is 1. The lowest BCUT2D eigenvalue weighted by molar-refractivity contribution is -0.145. The third kappa shape index (κ3) is 1.93. The van der Waals surface area contributed by atoms with Gasteiger partial charge in [0.15, 0.2) is 0 Å². The molecule has 0 aliphatic heterocycles. The van der Waals surface area contributed by atoms with Crippen molar-refractivity contribution in [1.82, 2.24) is 0 Å². The van der Waals surface area contributed by atoms with Crippen LogP contribution in [0.4, 0.5) is 0 Å². The minimum Gasteiger partial charge on any atom is -0.469 e. The van der Waals surface area contributed by atoms with E-state index in [9.17, 15) is 4.79 Å². The van der Waals surface area contributed by atoms with Crippen LogP contribution in [0.1, 0.15) is 19.3 Å². The molecule has 1 fully saturated rings. The number of hydrogen-bond acceptors (Lipinski definition) is 3. The molecule has 3 nitrogen and oxygen atoms in total. The highest BCUT2D eigenvalue weighted by molar-refractivity contribution is 5.72. The van der Waals surface area contributed by atoms with Crippen molar-refractivity contribution < 1.29 is 14.6 Å². The lowest BCUT2D eigenvalue weighted by atomic mass is 10.1. The van der Waals surface area contributed by atoms with Gasteiger partial charge in [-0.1, -0.05) is 0 Å². The first-order valence-electron chi connectivity index (χ1n) is 3.96. The lowest BCUT2D eigenvalue weighted by Gasteiger charge is -2.06. The molecule has 11 heavy (non-hydrogen) atoms. The Morgan fingerprint density at radius 2 is 2.36 bits per heavy atom. The molecule has 64 valence electrons. The number of carbonyl (C=O) groups is 1. The van der Waals surface area contributed by atoms with Crippen LogP contribution in [0, 0.1) is 11.8 Å². The van der Waals surface area contributed by atoms with Crippen LogP contribution in [0.25, 0.3) is 0 Å². The van der Waals surface area contributed by atoms with Gasteiger partial charge in [0, 0.05) is 6.61 Å². The monoisotopic (exact) mass is 158 g/mol. The molecule has 1 rings (SSSR count). The van der Waals surface area contributed by atoms with Crippen LogP contribution in [-0.4, -0.2) is 24.8 Å². The highest BCUT2D eigenvalue weighted by Crippen LogP contribution is 2.30. The van der Waals surface area contributed by atoms with Crippen molar-refractivity contribution in [3.63, 3.8) is 0 Å². The number of rotatable bonds is 2. The van der Waals surface area contributed by atoms with E-state index >= 15 is 0 Å². The number of hydrogen-bond donors (Lipinski definition) is 1. The third-order valence-electron chi connectivity index (χ3n) is 2.33. The summed E-state index contributed by atoms with van der Waals surface area (Å²) in [6, 6.07) is 0. The minimum absolute atomic E-state index is 0.0390. The van der Waals surface area contributed by atoms with Gasteiger partial charge in [0.2, 0.25) is 0 Å². The maximum Gasteiger partial charge on any atom is 0.308 e. The van der Waals surface area contributed by atoms with E-state index in [1.807, 2.05) is 0 Å². The van der Waals surface area contributed by atoms with Gasteiger partial charge in [-0.05, 0) is 25.2 Å². The molecule has 0 spiro atoms. The molecular formula is C8H14O3. The minimum atomic E-state index is -0.124. The van der Waals surface area contributed by atoms with E-state index < -0.39 is 0 Å². The molecule has 0 saturated heterocycles. The fraction of sp³-hybridized carbons (Fsp3) is 0.875. The molecule has 0 heterocycles. The molecule has 0 amide bonds. The normalized spacial score (nSPS) is 30.4. The Labute approximate surface area is 66.4 Å². The molecule has 1 saturated carbocycles. The zero-order valence-electron chi connectivity index (χ0n) is 6.75. The first-order chi connectivity index (χ1) is 5.27. The van der Waals surface area contributed by atoms with Crippen molar-refractivity contribution >= 4 is 5.97 Å². The van der Waals surface area contributed by atoms with Gasteiger partial charge in [0.1, 0.15) is 0 Å². The van der Waals surface area contributed by atoms with Crippen LogP contribution < -0.4 is 0 Å². The highest BCUT2D eigenvalue weighted by Gasteiger charge is 2.29. The van der Waals surface area contributed by atoms with Crippen LogP contribution in [-0.2, 0) is 9.53 Å². The molecule has 2 atom stereocenters. The second-order valence-corrected chi connectivity index (χ2v) is 3.08. The van der Waals surface area contributed by atoms with Gasteiger partial charge in [0.05, 0.1) is 13.0 Å². The molecule has 0 unspecified atom stereocenters. The molecular weight excluding hydrogens is 144 g/mol. The van der Waals surface area contributed by atoms with Gasteiger partial charge in [-0.25, -0.2) is 0 Å². The molecule has 1 aliphatic carbocycles. The fourth-order valence-electron chi connectivity index (χ4n) is 1.62. The van der Waals surface area contributed by atoms with E-state index in [4.69, 9.17) is 5.11 Å². The molecule has 0 radical (unpaired) electrons. The van der Waals surface area contributed by atoms with Crippen molar-refractivity contribution in [3.8, 4) is 0 Å². The zero-order valence-corrected chi connectivity index (χ0v) is 6.75. The molecule has 0 aromatic heterocycles. The van der Waals surface area contributed by atoms with Crippen LogP contribution in [0.3, 0.4) is 0 Å². The molecule has 0 aromatic rings. The van der Waals surface area contributed by atoms with Crippen molar-refractivity contribution in [2.75, 3.05) is 13.7 Å². The van der Waals surface area contributed by atoms with Crippen LogP contribution in [0.2, 0.25) is 0 Å². The Kier molecular flexibility index (Phi) is 2.88. The summed E-state index contributed by atoms with van der Waals surface area (Å²) < 4.78 is 4.61. The summed E-state index contributed by atoms with van der Waals surface area (Å²) in [5.74, 6) is 0.234. The Bertz CT molecular complexity index is 144. The third-order valence-corrected chi connectivity index (χ3v) is 2.33. The SMILES string of the molecule is COC(=O)[C@@H]1CC[C@@H](CO)C1. The van der Waals surface area contributed by atoms with Crippen molar-refractivity contribution in [2.45, 2.75) is 19.3 Å². The van der Waals surface area contributed by atoms with E-state index in [1.165, 1.54) is 7.11 Å². The van der Waals surface area contributed by atoms with Crippen LogP contribution in [0.5, 0.6) is 0 Å². The maximum atomic E-state index is 11.0. The van der Waals surface area contributed by atoms with Gasteiger partial charge in [-0.15, -0.1) is 0 Å². The summed E-state index contributed by atoms with van der Waals surface area (Å²) in [6.45, 7) is 0.202. The summed E-state index contributed by atoms with van der Waals surface area (Å²) in [6.07, 6.45) is 2.62. The Morgan fingerprint density at radius 3 is 2.82 bits per heavy atom. The van der Waals surface area contributed by atoms with Gasteiger partial charge in [0.25, 0.3) is 0 Å². The Morgan fingerprint density at radius 1 is 1.64 bits per heavy atom. The average Bonchev–Trinajstić information content (AvgIpc) is 2.50. The van der Waals surface area contributed by atoms with Crippen LogP contribution in [0.15, 0.2) is 0 Å². The van der Waals surface area contributed by atoms with Gasteiger partial charge in [-0.3, -0.25) is 4.79 Å². The molecule has 0 aromatic carbocycles. The molecule has 1 aliphatic rings. The first kappa shape index (κ1) is 8.53. The first-order valence-corrected chi connectivity index (χ1v) is 3.96. The van der Waals surface area contributed by atoms with E-state index in [2.05, 4.69) is 4.74 Å². The summed E-state index contributed by atoms with van der Waals surface area (Å²) >= 11 is 0. The number of esters is 1. The number of methoxy groups -OCH3 is 1. The smallest absolute Gasteiger partial charge is 0.308 e. The summed E-state index contributed by atoms with van der Waals surface area (Å²) in [5, 5.41) is 8.79. The second-order valence-electron chi connectivity index (χ2n) is 3.08. The van der Waals surface area contributed by atoms with Crippen molar-refractivity contribution in [1.29, 1.82) is 0 Å². The van der Waals surface area contributed by atoms with E-state index in [0.717, 1.165) is 19.3 Å². The maximum absolute atomic E-state index is 11.0. The predicted molar refractivity (Wildman–Crippen MR) is 39.9 cm³/mol. The van der Waals surface area contributed by atoms with Crippen molar-refractivity contribution in [2.24, 2.45) is 11.8 Å². The molecule has 1 N–H and O–H groups in total. The predicted octanol–water partition coefficient (Wildman–Crippen LogP) is 0.568. The van der Waals surface area contributed by atoms with Crippen molar-refractivity contribution in [3.05, 3.63) is 0 Å². The summed E-state index contributed by atoms with van der Waals surface area (Å²) in [5.41, 5.74) is 0. The van der Waals surface area contributed by atoms with Gasteiger partial charge >= 0.3 is 5.97 Å². The average molecular weight is 158 g/mol. The zero-order chi connectivity index (χ0) is 8.27. The largest absolute Gasteiger partial charge is 0.469 e. The Hall–Kier alpha value is -0.570. The van der Waals surface area contributed by atoms with E-state index in [-0.39, 0.29) is 18.5 Å². The fourth-order valence-corrected chi connectivity index (χ4v) is 1.62. The topological polar surface area (TPSA) is 46.5 Å². The standard InChI is InChI=1S/C8H14O3/c1-11-8(10)7-3-2-6(4-7)5-9/h6-7,9H,2-5H2,1H3/t6-,7-/m1/s1. The lowest BCUT2D eigenvalue weighted by Crippen LogP contribution is -2.13. The molecule has 0 bridgehead atoms. The quantitative estimate of drug-likeness (QED) is 0.597. The summed E-state index contributed by atoms with van der Waals surface area (Å²) in [4.78, 5) is 11.0. The second kappa shape index (κ2) is 3.72. The number of aliphatic hydroxyl groups is 1. The van der Waals surface area contributed by atoms with Crippen LogP contribution >= 0.6 is 0 Å². The van der Waals surface area contributed by atoms with E-state index in [0.29, 0.717) is 5.92 Å². The van der Waals surface area contributed by atoms with Gasteiger partial charge in [-0.2, -0.15) is 0 Å². The number of aliphatic hydroxyl groups excluding tert-OH is 1. The highest BCUT2D eigenvalue weighted by atomic mass is 16.5. The molecule has 3 heteroatoms. The van der Waals surface area contributed by atoms with Gasteiger partial charge < -0.3 is 9.84 Å². The Balaban J connectivity index is 2.35. The summed E-state index contributed by atoms with van der Waals surface area (Å²) in [7, 11) is 1.41.